The van der Waals surface area contributed by atoms with Gasteiger partial charge >= 0.3 is 6.03 Å². The Hall–Kier alpha value is -1.88. The minimum Gasteiger partial charge on any atom is -0.396 e. The molecule has 1 aromatic rings. The standard InChI is InChI=1S/C16H24N2O3/c1-4-16(5-2,11-19)10-17-15(21)18-14-8-6-13(7-9-14)12(3)20/h6-9,19H,4-5,10-11H2,1-3H3,(H2,17,18,21). The number of ketones is 1. The van der Waals surface area contributed by atoms with Gasteiger partial charge in [0.15, 0.2) is 5.78 Å². The Morgan fingerprint density at radius 1 is 1.14 bits per heavy atom. The predicted molar refractivity (Wildman–Crippen MR) is 83.6 cm³/mol. The average Bonchev–Trinajstić information content (AvgIpc) is 2.50. The van der Waals surface area contributed by atoms with Gasteiger partial charge in [0.1, 0.15) is 0 Å². The molecule has 0 atom stereocenters. The summed E-state index contributed by atoms with van der Waals surface area (Å²) in [6.07, 6.45) is 1.60. The molecule has 0 saturated carbocycles. The van der Waals surface area contributed by atoms with Gasteiger partial charge in [-0.1, -0.05) is 13.8 Å². The Morgan fingerprint density at radius 2 is 1.71 bits per heavy atom. The Kier molecular flexibility index (Phi) is 6.37. The van der Waals surface area contributed by atoms with Gasteiger partial charge in [-0.2, -0.15) is 0 Å². The summed E-state index contributed by atoms with van der Waals surface area (Å²) in [6, 6.07) is 6.41. The highest BCUT2D eigenvalue weighted by molar-refractivity contribution is 5.95. The lowest BCUT2D eigenvalue weighted by molar-refractivity contribution is 0.101. The lowest BCUT2D eigenvalue weighted by Crippen LogP contribution is -2.41. The maximum Gasteiger partial charge on any atom is 0.319 e. The second-order valence-corrected chi connectivity index (χ2v) is 5.31. The molecule has 0 aromatic heterocycles. The van der Waals surface area contributed by atoms with E-state index in [0.717, 1.165) is 12.8 Å². The number of benzene rings is 1. The molecular weight excluding hydrogens is 268 g/mol. The number of nitrogens with one attached hydrogen (secondary N) is 2. The lowest BCUT2D eigenvalue weighted by atomic mass is 9.83. The van der Waals surface area contributed by atoms with E-state index in [4.69, 9.17) is 0 Å². The Labute approximate surface area is 125 Å². The van der Waals surface area contributed by atoms with E-state index in [1.165, 1.54) is 6.92 Å². The first-order valence-corrected chi connectivity index (χ1v) is 7.23. The van der Waals surface area contributed by atoms with Crippen molar-refractivity contribution >= 4 is 17.5 Å². The van der Waals surface area contributed by atoms with Crippen molar-refractivity contribution in [2.24, 2.45) is 5.41 Å². The molecule has 2 amide bonds. The Morgan fingerprint density at radius 3 is 2.14 bits per heavy atom. The van der Waals surface area contributed by atoms with Crippen LogP contribution in [-0.4, -0.2) is 30.1 Å². The summed E-state index contributed by atoms with van der Waals surface area (Å²) in [4.78, 5) is 23.0. The van der Waals surface area contributed by atoms with Gasteiger partial charge in [0, 0.05) is 23.2 Å². The van der Waals surface area contributed by atoms with E-state index in [2.05, 4.69) is 10.6 Å². The number of hydrogen-bond donors (Lipinski definition) is 3. The van der Waals surface area contributed by atoms with Gasteiger partial charge in [0.25, 0.3) is 0 Å². The molecule has 3 N–H and O–H groups in total. The first kappa shape index (κ1) is 17.2. The van der Waals surface area contributed by atoms with E-state index in [9.17, 15) is 14.7 Å². The van der Waals surface area contributed by atoms with Crippen LogP contribution in [0.5, 0.6) is 0 Å². The number of Topliss-reactive ketones (excluding diaryl/α,β-unsaturated/α-hetero) is 1. The fraction of sp³-hybridized carbons (Fsp3) is 0.500. The maximum atomic E-state index is 11.9. The molecular formula is C16H24N2O3. The monoisotopic (exact) mass is 292 g/mol. The van der Waals surface area contributed by atoms with Crippen molar-refractivity contribution in [2.75, 3.05) is 18.5 Å². The van der Waals surface area contributed by atoms with Crippen LogP contribution in [0.25, 0.3) is 0 Å². The molecule has 0 spiro atoms. The second kappa shape index (κ2) is 7.78. The van der Waals surface area contributed by atoms with Crippen molar-refractivity contribution in [1.82, 2.24) is 5.32 Å². The number of rotatable bonds is 7. The van der Waals surface area contributed by atoms with Crippen LogP contribution in [0, 0.1) is 5.41 Å². The van der Waals surface area contributed by atoms with Crippen molar-refractivity contribution in [3.05, 3.63) is 29.8 Å². The third kappa shape index (κ3) is 4.86. The van der Waals surface area contributed by atoms with E-state index < -0.39 is 0 Å². The van der Waals surface area contributed by atoms with Gasteiger partial charge in [-0.3, -0.25) is 4.79 Å². The quantitative estimate of drug-likeness (QED) is 0.676. The first-order chi connectivity index (χ1) is 9.96. The molecule has 5 nitrogen and oxygen atoms in total. The summed E-state index contributed by atoms with van der Waals surface area (Å²) in [5, 5.41) is 15.0. The Bertz CT molecular complexity index is 471. The van der Waals surface area contributed by atoms with E-state index in [-0.39, 0.29) is 23.8 Å². The smallest absolute Gasteiger partial charge is 0.319 e. The molecule has 0 aliphatic carbocycles. The first-order valence-electron chi connectivity index (χ1n) is 7.23. The number of carbonyl (C=O) groups excluding carboxylic acids is 2. The van der Waals surface area contributed by atoms with Gasteiger partial charge in [-0.15, -0.1) is 0 Å². The fourth-order valence-corrected chi connectivity index (χ4v) is 2.01. The van der Waals surface area contributed by atoms with Crippen LogP contribution in [0.4, 0.5) is 10.5 Å². The fourth-order valence-electron chi connectivity index (χ4n) is 2.01. The normalized spacial score (nSPS) is 11.0. The van der Waals surface area contributed by atoms with Crippen LogP contribution in [-0.2, 0) is 0 Å². The molecule has 0 radical (unpaired) electrons. The van der Waals surface area contributed by atoms with Crippen LogP contribution >= 0.6 is 0 Å². The van der Waals surface area contributed by atoms with Gasteiger partial charge in [0.2, 0.25) is 0 Å². The Balaban J connectivity index is 2.55. The summed E-state index contributed by atoms with van der Waals surface area (Å²) < 4.78 is 0. The van der Waals surface area contributed by atoms with Gasteiger partial charge in [0.05, 0.1) is 6.61 Å². The van der Waals surface area contributed by atoms with Gasteiger partial charge in [-0.05, 0) is 44.0 Å². The predicted octanol–water partition coefficient (Wildman–Crippen LogP) is 2.81. The third-order valence-electron chi connectivity index (χ3n) is 4.01. The number of anilines is 1. The summed E-state index contributed by atoms with van der Waals surface area (Å²) in [7, 11) is 0. The molecule has 0 aliphatic rings. The van der Waals surface area contributed by atoms with E-state index >= 15 is 0 Å². The van der Waals surface area contributed by atoms with E-state index in [1.807, 2.05) is 13.8 Å². The summed E-state index contributed by atoms with van der Waals surface area (Å²) >= 11 is 0. The molecule has 116 valence electrons. The lowest BCUT2D eigenvalue weighted by Gasteiger charge is -2.29. The van der Waals surface area contributed by atoms with Gasteiger partial charge in [-0.25, -0.2) is 4.79 Å². The van der Waals surface area contributed by atoms with Crippen LogP contribution in [0.1, 0.15) is 44.0 Å². The number of amides is 2. The number of carbonyl (C=O) groups is 2. The molecule has 21 heavy (non-hydrogen) atoms. The second-order valence-electron chi connectivity index (χ2n) is 5.31. The molecule has 0 unspecified atom stereocenters. The number of urea groups is 1. The average molecular weight is 292 g/mol. The molecule has 5 heteroatoms. The number of aliphatic hydroxyl groups excluding tert-OH is 1. The highest BCUT2D eigenvalue weighted by atomic mass is 16.3. The van der Waals surface area contributed by atoms with Crippen LogP contribution in [0.15, 0.2) is 24.3 Å². The molecule has 0 bridgehead atoms. The minimum absolute atomic E-state index is 0.00961. The zero-order chi connectivity index (χ0) is 15.9. The number of hydrogen-bond acceptors (Lipinski definition) is 3. The zero-order valence-corrected chi connectivity index (χ0v) is 12.9. The molecule has 0 saturated heterocycles. The van der Waals surface area contributed by atoms with Crippen LogP contribution in [0.3, 0.4) is 0 Å². The largest absolute Gasteiger partial charge is 0.396 e. The van der Waals surface area contributed by atoms with Crippen molar-refractivity contribution in [3.8, 4) is 0 Å². The summed E-state index contributed by atoms with van der Waals surface area (Å²) in [5.74, 6) is -0.00961. The number of aliphatic hydroxyl groups is 1. The van der Waals surface area contributed by atoms with Crippen LogP contribution < -0.4 is 10.6 Å². The van der Waals surface area contributed by atoms with E-state index in [1.54, 1.807) is 24.3 Å². The SMILES string of the molecule is CCC(CC)(CO)CNC(=O)Nc1ccc(C(C)=O)cc1. The molecule has 1 aromatic carbocycles. The van der Waals surface area contributed by atoms with Crippen molar-refractivity contribution in [2.45, 2.75) is 33.6 Å². The maximum absolute atomic E-state index is 11.9. The van der Waals surface area contributed by atoms with Crippen LogP contribution in [0.2, 0.25) is 0 Å². The summed E-state index contributed by atoms with van der Waals surface area (Å²) in [6.45, 7) is 5.97. The summed E-state index contributed by atoms with van der Waals surface area (Å²) in [5.41, 5.74) is 0.966. The third-order valence-corrected chi connectivity index (χ3v) is 4.01. The molecule has 1 rings (SSSR count). The highest BCUT2D eigenvalue weighted by Crippen LogP contribution is 2.24. The molecule has 0 heterocycles. The molecule has 0 fully saturated rings. The molecule has 0 aliphatic heterocycles. The zero-order valence-electron chi connectivity index (χ0n) is 12.9. The van der Waals surface area contributed by atoms with Crippen molar-refractivity contribution < 1.29 is 14.7 Å². The highest BCUT2D eigenvalue weighted by Gasteiger charge is 2.25. The topological polar surface area (TPSA) is 78.4 Å². The van der Waals surface area contributed by atoms with Crippen molar-refractivity contribution in [1.29, 1.82) is 0 Å². The van der Waals surface area contributed by atoms with E-state index in [0.29, 0.717) is 17.8 Å². The van der Waals surface area contributed by atoms with Gasteiger partial charge < -0.3 is 15.7 Å². The minimum atomic E-state index is -0.315. The van der Waals surface area contributed by atoms with Crippen molar-refractivity contribution in [3.63, 3.8) is 0 Å².